The molecule has 1 saturated heterocycles. The Bertz CT molecular complexity index is 509. The monoisotopic (exact) mass is 234 g/mol. The summed E-state index contributed by atoms with van der Waals surface area (Å²) >= 11 is 0. The van der Waals surface area contributed by atoms with Crippen molar-refractivity contribution in [3.8, 4) is 0 Å². The maximum Gasteiger partial charge on any atom is 0.346 e. The van der Waals surface area contributed by atoms with Crippen LogP contribution < -0.4 is 0 Å². The van der Waals surface area contributed by atoms with Gasteiger partial charge in [-0.05, 0) is 19.1 Å². The van der Waals surface area contributed by atoms with Crippen LogP contribution in [0.4, 0.5) is 0 Å². The number of hydrogen-bond acceptors (Lipinski definition) is 5. The lowest BCUT2D eigenvalue weighted by atomic mass is 9.88. The summed E-state index contributed by atoms with van der Waals surface area (Å²) in [6.45, 7) is 1.59. The van der Waals surface area contributed by atoms with Crippen LogP contribution in [-0.2, 0) is 23.9 Å². The lowest BCUT2D eigenvalue weighted by Gasteiger charge is -2.18. The Hall–Kier alpha value is -2.17. The molecule has 0 aromatic heterocycles. The molecule has 0 N–H and O–H groups in total. The van der Waals surface area contributed by atoms with Gasteiger partial charge in [-0.25, -0.2) is 9.59 Å². The van der Waals surface area contributed by atoms with E-state index in [1.165, 1.54) is 25.3 Å². The maximum absolute atomic E-state index is 11.6. The van der Waals surface area contributed by atoms with Gasteiger partial charge in [-0.3, -0.25) is 4.79 Å². The number of fused-ring (bicyclic) bond motifs is 1. The molecule has 88 valence electrons. The van der Waals surface area contributed by atoms with Crippen LogP contribution in [0.3, 0.4) is 0 Å². The first-order valence-corrected chi connectivity index (χ1v) is 4.95. The summed E-state index contributed by atoms with van der Waals surface area (Å²) in [5.74, 6) is -1.94. The molecule has 0 spiro atoms. The second-order valence-corrected chi connectivity index (χ2v) is 3.95. The second-order valence-electron chi connectivity index (χ2n) is 3.95. The van der Waals surface area contributed by atoms with Crippen molar-refractivity contribution in [2.24, 2.45) is 5.41 Å². The minimum Gasteiger partial charge on any atom is -0.468 e. The Kier molecular flexibility index (Phi) is 2.46. The van der Waals surface area contributed by atoms with E-state index in [9.17, 15) is 14.4 Å². The van der Waals surface area contributed by atoms with Crippen LogP contribution in [0.2, 0.25) is 0 Å². The van der Waals surface area contributed by atoms with Crippen molar-refractivity contribution >= 4 is 17.9 Å². The van der Waals surface area contributed by atoms with Crippen molar-refractivity contribution in [2.45, 2.75) is 6.92 Å². The third-order valence-electron chi connectivity index (χ3n) is 2.69. The summed E-state index contributed by atoms with van der Waals surface area (Å²) in [5.41, 5.74) is -0.807. The molecule has 1 aliphatic carbocycles. The predicted molar refractivity (Wildman–Crippen MR) is 56.5 cm³/mol. The van der Waals surface area contributed by atoms with E-state index in [0.29, 0.717) is 0 Å². The van der Waals surface area contributed by atoms with Crippen molar-refractivity contribution < 1.29 is 23.9 Å². The number of hydrogen-bond donors (Lipinski definition) is 0. The summed E-state index contributed by atoms with van der Waals surface area (Å²) in [5, 5.41) is 0. The van der Waals surface area contributed by atoms with Gasteiger partial charge >= 0.3 is 17.9 Å². The number of carbonyl (C=O) groups is 3. The number of ether oxygens (including phenoxy) is 2. The second kappa shape index (κ2) is 3.69. The van der Waals surface area contributed by atoms with Gasteiger partial charge in [0, 0.05) is 0 Å². The highest BCUT2D eigenvalue weighted by Crippen LogP contribution is 2.33. The SMILES string of the molecule is COC(=O)C1(C)C=CC=C2C(=O)OC(=O)C2=C1. The van der Waals surface area contributed by atoms with Gasteiger partial charge < -0.3 is 9.47 Å². The highest BCUT2D eigenvalue weighted by Gasteiger charge is 2.39. The van der Waals surface area contributed by atoms with E-state index in [0.717, 1.165) is 0 Å². The molecule has 0 radical (unpaired) electrons. The zero-order valence-corrected chi connectivity index (χ0v) is 9.35. The Morgan fingerprint density at radius 1 is 1.29 bits per heavy atom. The van der Waals surface area contributed by atoms with Crippen LogP contribution >= 0.6 is 0 Å². The predicted octanol–water partition coefficient (Wildman–Crippen LogP) is 0.672. The molecule has 0 aromatic carbocycles. The average Bonchev–Trinajstić information content (AvgIpc) is 2.49. The van der Waals surface area contributed by atoms with Crippen LogP contribution in [0.5, 0.6) is 0 Å². The number of esters is 3. The van der Waals surface area contributed by atoms with Gasteiger partial charge in [0.1, 0.15) is 5.41 Å². The van der Waals surface area contributed by atoms with E-state index in [4.69, 9.17) is 0 Å². The Balaban J connectivity index is 2.53. The van der Waals surface area contributed by atoms with E-state index in [1.807, 2.05) is 0 Å². The largest absolute Gasteiger partial charge is 0.468 e. The van der Waals surface area contributed by atoms with Gasteiger partial charge in [-0.2, -0.15) is 0 Å². The van der Waals surface area contributed by atoms with E-state index in [-0.39, 0.29) is 11.1 Å². The quantitative estimate of drug-likeness (QED) is 0.492. The van der Waals surface area contributed by atoms with E-state index in [2.05, 4.69) is 9.47 Å². The van der Waals surface area contributed by atoms with Crippen molar-refractivity contribution in [3.63, 3.8) is 0 Å². The minimum absolute atomic E-state index is 0.105. The summed E-state index contributed by atoms with van der Waals surface area (Å²) in [7, 11) is 1.26. The highest BCUT2D eigenvalue weighted by molar-refractivity contribution is 6.18. The van der Waals surface area contributed by atoms with E-state index < -0.39 is 23.3 Å². The van der Waals surface area contributed by atoms with Crippen molar-refractivity contribution in [1.29, 1.82) is 0 Å². The Labute approximate surface area is 97.4 Å². The van der Waals surface area contributed by atoms with E-state index >= 15 is 0 Å². The number of allylic oxidation sites excluding steroid dienone is 2. The van der Waals surface area contributed by atoms with Gasteiger partial charge in [-0.15, -0.1) is 0 Å². The molecule has 0 saturated carbocycles. The number of methoxy groups -OCH3 is 1. The molecule has 2 rings (SSSR count). The first-order valence-electron chi connectivity index (χ1n) is 4.95. The Morgan fingerprint density at radius 2 is 1.94 bits per heavy atom. The molecule has 1 fully saturated rings. The smallest absolute Gasteiger partial charge is 0.346 e. The molecule has 1 heterocycles. The van der Waals surface area contributed by atoms with Crippen LogP contribution in [-0.4, -0.2) is 25.0 Å². The zero-order valence-electron chi connectivity index (χ0n) is 9.35. The molecular weight excluding hydrogens is 224 g/mol. The third-order valence-corrected chi connectivity index (χ3v) is 2.69. The molecule has 0 bridgehead atoms. The van der Waals surface area contributed by atoms with Crippen LogP contribution in [0.15, 0.2) is 35.5 Å². The van der Waals surface area contributed by atoms with Crippen molar-refractivity contribution in [3.05, 3.63) is 35.5 Å². The fourth-order valence-corrected chi connectivity index (χ4v) is 1.75. The number of carbonyl (C=O) groups excluding carboxylic acids is 3. The molecular formula is C12H10O5. The lowest BCUT2D eigenvalue weighted by Crippen LogP contribution is -2.25. The first kappa shape index (κ1) is 11.3. The van der Waals surface area contributed by atoms with Gasteiger partial charge in [0.2, 0.25) is 0 Å². The van der Waals surface area contributed by atoms with Crippen molar-refractivity contribution in [2.75, 3.05) is 7.11 Å². The molecule has 5 nitrogen and oxygen atoms in total. The summed E-state index contributed by atoms with van der Waals surface area (Å²) in [4.78, 5) is 34.4. The van der Waals surface area contributed by atoms with Crippen LogP contribution in [0, 0.1) is 5.41 Å². The standard InChI is InChI=1S/C12H10O5/c1-12(11(15)16-2)5-3-4-7-8(6-12)10(14)17-9(7)13/h3-6H,1-2H3. The fraction of sp³-hybridized carbons (Fsp3) is 0.250. The molecule has 0 aromatic rings. The number of rotatable bonds is 1. The summed E-state index contributed by atoms with van der Waals surface area (Å²) in [6.07, 6.45) is 5.95. The van der Waals surface area contributed by atoms with Gasteiger partial charge in [0.25, 0.3) is 0 Å². The van der Waals surface area contributed by atoms with Crippen molar-refractivity contribution in [1.82, 2.24) is 0 Å². The molecule has 1 unspecified atom stereocenters. The zero-order chi connectivity index (χ0) is 12.6. The molecule has 2 aliphatic rings. The normalized spacial score (nSPS) is 26.7. The molecule has 17 heavy (non-hydrogen) atoms. The molecule has 5 heteroatoms. The van der Waals surface area contributed by atoms with Gasteiger partial charge in [-0.1, -0.05) is 12.2 Å². The maximum atomic E-state index is 11.6. The highest BCUT2D eigenvalue weighted by atomic mass is 16.6. The summed E-state index contributed by atoms with van der Waals surface area (Å²) in [6, 6.07) is 0. The van der Waals surface area contributed by atoms with Gasteiger partial charge in [0.05, 0.1) is 18.3 Å². The Morgan fingerprint density at radius 3 is 2.59 bits per heavy atom. The number of cyclic esters (lactones) is 2. The third kappa shape index (κ3) is 1.69. The molecule has 1 aliphatic heterocycles. The molecule has 1 atom stereocenters. The fourth-order valence-electron chi connectivity index (χ4n) is 1.75. The van der Waals surface area contributed by atoms with Crippen LogP contribution in [0.25, 0.3) is 0 Å². The van der Waals surface area contributed by atoms with Gasteiger partial charge in [0.15, 0.2) is 0 Å². The lowest BCUT2D eigenvalue weighted by molar-refractivity contribution is -0.149. The molecule has 0 amide bonds. The summed E-state index contributed by atoms with van der Waals surface area (Å²) < 4.78 is 9.13. The minimum atomic E-state index is -1.08. The van der Waals surface area contributed by atoms with E-state index in [1.54, 1.807) is 13.0 Å². The van der Waals surface area contributed by atoms with Crippen LogP contribution in [0.1, 0.15) is 6.92 Å². The topological polar surface area (TPSA) is 69.7 Å². The first-order chi connectivity index (χ1) is 7.98. The average molecular weight is 234 g/mol.